The first-order valence-corrected chi connectivity index (χ1v) is 5.39. The Balaban J connectivity index is 2.91. The van der Waals surface area contributed by atoms with E-state index < -0.39 is 0 Å². The van der Waals surface area contributed by atoms with E-state index in [-0.39, 0.29) is 17.3 Å². The lowest BCUT2D eigenvalue weighted by Gasteiger charge is -2.11. The molecule has 0 aliphatic heterocycles. The molecule has 0 fully saturated rings. The summed E-state index contributed by atoms with van der Waals surface area (Å²) in [5, 5.41) is 3.14. The van der Waals surface area contributed by atoms with Crippen molar-refractivity contribution >= 4 is 0 Å². The van der Waals surface area contributed by atoms with Gasteiger partial charge in [-0.1, -0.05) is 0 Å². The SMILES string of the molecule is C#CCC(C)NCc1cn(C)c(=O)n(C)c1=O. The third-order valence-electron chi connectivity index (χ3n) is 2.58. The monoisotopic (exact) mass is 235 g/mol. The zero-order chi connectivity index (χ0) is 13.0. The summed E-state index contributed by atoms with van der Waals surface area (Å²) in [7, 11) is 3.09. The van der Waals surface area contributed by atoms with Crippen LogP contribution >= 0.6 is 0 Å². The summed E-state index contributed by atoms with van der Waals surface area (Å²) in [6.07, 6.45) is 7.35. The normalized spacial score (nSPS) is 12.1. The fourth-order valence-corrected chi connectivity index (χ4v) is 1.54. The predicted octanol–water partition coefficient (Wildman–Crippen LogP) is -0.415. The Morgan fingerprint density at radius 2 is 2.12 bits per heavy atom. The Kier molecular flexibility index (Phi) is 4.30. The van der Waals surface area contributed by atoms with Gasteiger partial charge in [-0.2, -0.15) is 0 Å². The second kappa shape index (κ2) is 5.51. The molecule has 5 nitrogen and oxygen atoms in total. The van der Waals surface area contributed by atoms with E-state index in [1.54, 1.807) is 13.2 Å². The molecule has 1 unspecified atom stereocenters. The molecule has 1 aromatic rings. The average Bonchev–Trinajstić information content (AvgIpc) is 2.30. The molecule has 0 saturated carbocycles. The molecule has 0 aliphatic rings. The van der Waals surface area contributed by atoms with Crippen molar-refractivity contribution < 1.29 is 0 Å². The van der Waals surface area contributed by atoms with E-state index in [0.717, 1.165) is 4.57 Å². The van der Waals surface area contributed by atoms with Gasteiger partial charge in [-0.3, -0.25) is 9.36 Å². The molecule has 0 aliphatic carbocycles. The van der Waals surface area contributed by atoms with E-state index in [0.29, 0.717) is 18.5 Å². The van der Waals surface area contributed by atoms with Gasteiger partial charge in [-0.15, -0.1) is 12.3 Å². The minimum atomic E-state index is -0.324. The molecular weight excluding hydrogens is 218 g/mol. The van der Waals surface area contributed by atoms with E-state index in [9.17, 15) is 9.59 Å². The zero-order valence-electron chi connectivity index (χ0n) is 10.4. The number of hydrogen-bond donors (Lipinski definition) is 1. The topological polar surface area (TPSA) is 56.0 Å². The molecule has 0 amide bonds. The van der Waals surface area contributed by atoms with Crippen molar-refractivity contribution in [3.63, 3.8) is 0 Å². The molecule has 92 valence electrons. The largest absolute Gasteiger partial charge is 0.330 e. The summed E-state index contributed by atoms with van der Waals surface area (Å²) in [6, 6.07) is 0.141. The van der Waals surface area contributed by atoms with E-state index in [1.807, 2.05) is 6.92 Å². The average molecular weight is 235 g/mol. The lowest BCUT2D eigenvalue weighted by atomic mass is 10.2. The van der Waals surface area contributed by atoms with Crippen molar-refractivity contribution in [1.82, 2.24) is 14.5 Å². The third-order valence-corrected chi connectivity index (χ3v) is 2.58. The number of aromatic nitrogens is 2. The van der Waals surface area contributed by atoms with Crippen molar-refractivity contribution in [2.45, 2.75) is 25.9 Å². The number of aryl methyl sites for hydroxylation is 1. The predicted molar refractivity (Wildman–Crippen MR) is 66.7 cm³/mol. The first kappa shape index (κ1) is 13.3. The Hall–Kier alpha value is -1.80. The number of nitrogens with zero attached hydrogens (tertiary/aromatic N) is 2. The molecule has 0 bridgehead atoms. The minimum Gasteiger partial charge on any atom is -0.309 e. The summed E-state index contributed by atoms with van der Waals surface area (Å²) in [5.74, 6) is 2.55. The fraction of sp³-hybridized carbons (Fsp3) is 0.500. The van der Waals surface area contributed by atoms with Crippen LogP contribution in [0, 0.1) is 12.3 Å². The zero-order valence-corrected chi connectivity index (χ0v) is 10.4. The minimum absolute atomic E-state index is 0.141. The maximum atomic E-state index is 11.8. The van der Waals surface area contributed by atoms with Gasteiger partial charge in [0.1, 0.15) is 0 Å². The molecule has 0 saturated heterocycles. The van der Waals surface area contributed by atoms with Gasteiger partial charge in [0.25, 0.3) is 5.56 Å². The molecule has 0 spiro atoms. The van der Waals surface area contributed by atoms with Crippen molar-refractivity contribution in [2.24, 2.45) is 14.1 Å². The van der Waals surface area contributed by atoms with Crippen LogP contribution in [-0.2, 0) is 20.6 Å². The molecule has 1 aromatic heterocycles. The standard InChI is InChI=1S/C12H17N3O2/c1-5-6-9(2)13-7-10-8-14(3)12(17)15(4)11(10)16/h1,8-9,13H,6-7H2,2-4H3. The van der Waals surface area contributed by atoms with E-state index in [4.69, 9.17) is 6.42 Å². The molecule has 1 heterocycles. The van der Waals surface area contributed by atoms with Gasteiger partial charge >= 0.3 is 5.69 Å². The van der Waals surface area contributed by atoms with Crippen LogP contribution in [0.3, 0.4) is 0 Å². The van der Waals surface area contributed by atoms with Crippen LogP contribution < -0.4 is 16.6 Å². The maximum Gasteiger partial charge on any atom is 0.330 e. The van der Waals surface area contributed by atoms with Crippen molar-refractivity contribution in [3.05, 3.63) is 32.6 Å². The first-order chi connectivity index (χ1) is 7.97. The number of hydrogen-bond acceptors (Lipinski definition) is 3. The maximum absolute atomic E-state index is 11.8. The summed E-state index contributed by atoms with van der Waals surface area (Å²) >= 11 is 0. The number of terminal acetylenes is 1. The van der Waals surface area contributed by atoms with Crippen LogP contribution in [-0.4, -0.2) is 15.2 Å². The number of rotatable bonds is 4. The van der Waals surface area contributed by atoms with Crippen LogP contribution in [0.15, 0.2) is 15.8 Å². The summed E-state index contributed by atoms with van der Waals surface area (Å²) in [4.78, 5) is 23.2. The van der Waals surface area contributed by atoms with Crippen LogP contribution in [0.2, 0.25) is 0 Å². The molecular formula is C12H17N3O2. The number of nitrogens with one attached hydrogen (secondary N) is 1. The van der Waals surface area contributed by atoms with Gasteiger partial charge in [0, 0.05) is 44.9 Å². The molecule has 0 aromatic carbocycles. The van der Waals surface area contributed by atoms with Crippen molar-refractivity contribution in [3.8, 4) is 12.3 Å². The Labute approximate surface area is 100 Å². The Morgan fingerprint density at radius 1 is 1.47 bits per heavy atom. The molecule has 17 heavy (non-hydrogen) atoms. The molecule has 5 heteroatoms. The van der Waals surface area contributed by atoms with Gasteiger partial charge in [0.05, 0.1) is 0 Å². The molecule has 1 N–H and O–H groups in total. The third kappa shape index (κ3) is 3.08. The van der Waals surface area contributed by atoms with Gasteiger partial charge in [0.2, 0.25) is 0 Å². The van der Waals surface area contributed by atoms with E-state index in [1.165, 1.54) is 11.6 Å². The highest BCUT2D eigenvalue weighted by atomic mass is 16.2. The van der Waals surface area contributed by atoms with Crippen LogP contribution in [0.1, 0.15) is 18.9 Å². The quantitative estimate of drug-likeness (QED) is 0.722. The highest BCUT2D eigenvalue weighted by molar-refractivity contribution is 5.05. The first-order valence-electron chi connectivity index (χ1n) is 5.39. The molecule has 1 rings (SSSR count). The van der Waals surface area contributed by atoms with Gasteiger partial charge < -0.3 is 9.88 Å². The van der Waals surface area contributed by atoms with Crippen molar-refractivity contribution in [2.75, 3.05) is 0 Å². The van der Waals surface area contributed by atoms with Crippen LogP contribution in [0.5, 0.6) is 0 Å². The summed E-state index contributed by atoms with van der Waals surface area (Å²) < 4.78 is 2.49. The van der Waals surface area contributed by atoms with Crippen LogP contribution in [0.25, 0.3) is 0 Å². The second-order valence-corrected chi connectivity index (χ2v) is 4.10. The Bertz CT molecular complexity index is 548. The molecule has 1 atom stereocenters. The lowest BCUT2D eigenvalue weighted by Crippen LogP contribution is -2.40. The highest BCUT2D eigenvalue weighted by Crippen LogP contribution is 1.92. The lowest BCUT2D eigenvalue weighted by molar-refractivity contribution is 0.546. The second-order valence-electron chi connectivity index (χ2n) is 4.10. The summed E-state index contributed by atoms with van der Waals surface area (Å²) in [6.45, 7) is 2.36. The molecule has 0 radical (unpaired) electrons. The van der Waals surface area contributed by atoms with Gasteiger partial charge in [0.15, 0.2) is 0 Å². The van der Waals surface area contributed by atoms with E-state index in [2.05, 4.69) is 11.2 Å². The smallest absolute Gasteiger partial charge is 0.309 e. The highest BCUT2D eigenvalue weighted by Gasteiger charge is 2.07. The fourth-order valence-electron chi connectivity index (χ4n) is 1.54. The van der Waals surface area contributed by atoms with Crippen LogP contribution in [0.4, 0.5) is 0 Å². The Morgan fingerprint density at radius 3 is 2.71 bits per heavy atom. The van der Waals surface area contributed by atoms with Gasteiger partial charge in [-0.05, 0) is 6.92 Å². The van der Waals surface area contributed by atoms with E-state index >= 15 is 0 Å². The van der Waals surface area contributed by atoms with Crippen molar-refractivity contribution in [1.29, 1.82) is 0 Å². The summed E-state index contributed by atoms with van der Waals surface area (Å²) in [5.41, 5.74) is -0.0394. The van der Waals surface area contributed by atoms with Gasteiger partial charge in [-0.25, -0.2) is 4.79 Å².